The average Bonchev–Trinajstić information content (AvgIpc) is 1.86. The van der Waals surface area contributed by atoms with Crippen LogP contribution in [-0.2, 0) is 0 Å². The number of nitrogens with zero attached hydrogens (tertiary/aromatic N) is 1. The summed E-state index contributed by atoms with van der Waals surface area (Å²) in [6.45, 7) is 0. The largest absolute Gasteiger partial charge is 1.00 e. The fourth-order valence-corrected chi connectivity index (χ4v) is 0.535. The molecule has 1 aromatic heterocycles. The van der Waals surface area contributed by atoms with E-state index in [4.69, 9.17) is 5.73 Å². The van der Waals surface area contributed by atoms with Crippen LogP contribution in [0.15, 0.2) is 5.38 Å². The van der Waals surface area contributed by atoms with E-state index in [9.17, 15) is 0 Å². The van der Waals surface area contributed by atoms with Crippen molar-refractivity contribution in [3.8, 4) is 0 Å². The van der Waals surface area contributed by atoms with Crippen molar-refractivity contribution in [3.63, 3.8) is 0 Å². The van der Waals surface area contributed by atoms with Crippen molar-refractivity contribution in [1.82, 2.24) is 4.98 Å². The zero-order valence-corrected chi connectivity index (χ0v) is 4.83. The molecule has 0 spiro atoms. The summed E-state index contributed by atoms with van der Waals surface area (Å²) in [5, 5.41) is 2.30. The van der Waals surface area contributed by atoms with Gasteiger partial charge in [-0.15, -0.1) is 6.20 Å². The minimum atomic E-state index is 0. The second kappa shape index (κ2) is 3.08. The zero-order chi connectivity index (χ0) is 4.41. The standard InChI is InChI=1S/C3H3N2S.Li/c4-3-5-1-2-6-3;/h2H,(H2,4,5);/q-1;+1. The molecule has 0 aliphatic heterocycles. The smallest absolute Gasteiger partial charge is 0.452 e. The molecule has 1 rings (SSSR count). The third-order valence-corrected chi connectivity index (χ3v) is 0.963. The minimum absolute atomic E-state index is 0. The molecule has 0 unspecified atom stereocenters. The fourth-order valence-electron chi connectivity index (χ4n) is 0.203. The van der Waals surface area contributed by atoms with E-state index in [1.54, 1.807) is 5.38 Å². The normalized spacial score (nSPS) is 7.43. The molecule has 0 aliphatic carbocycles. The average molecular weight is 106 g/mol. The van der Waals surface area contributed by atoms with Gasteiger partial charge in [-0.2, -0.15) is 0 Å². The van der Waals surface area contributed by atoms with E-state index in [2.05, 4.69) is 11.2 Å². The first-order chi connectivity index (χ1) is 2.89. The van der Waals surface area contributed by atoms with Crippen molar-refractivity contribution in [3.05, 3.63) is 11.6 Å². The monoisotopic (exact) mass is 106 g/mol. The van der Waals surface area contributed by atoms with E-state index in [1.807, 2.05) is 0 Å². The molecule has 32 valence electrons. The maximum Gasteiger partial charge on any atom is 1.00 e. The molecule has 0 fully saturated rings. The van der Waals surface area contributed by atoms with Crippen LogP contribution in [0, 0.1) is 6.20 Å². The first-order valence-corrected chi connectivity index (χ1v) is 2.34. The summed E-state index contributed by atoms with van der Waals surface area (Å²) in [7, 11) is 0. The quantitative estimate of drug-likeness (QED) is 0.294. The Bertz CT molecular complexity index is 116. The zero-order valence-electron chi connectivity index (χ0n) is 4.01. The summed E-state index contributed by atoms with van der Waals surface area (Å²) in [4.78, 5) is 3.59. The summed E-state index contributed by atoms with van der Waals surface area (Å²) in [6.07, 6.45) is 2.57. The molecule has 0 saturated heterocycles. The van der Waals surface area contributed by atoms with Crippen LogP contribution in [0.5, 0.6) is 0 Å². The van der Waals surface area contributed by atoms with Gasteiger partial charge in [0, 0.05) is 5.13 Å². The van der Waals surface area contributed by atoms with Gasteiger partial charge in [0.2, 0.25) is 0 Å². The summed E-state index contributed by atoms with van der Waals surface area (Å²) >= 11 is 1.39. The van der Waals surface area contributed by atoms with Gasteiger partial charge < -0.3 is 10.7 Å². The number of aromatic nitrogens is 1. The number of rotatable bonds is 0. The van der Waals surface area contributed by atoms with Crippen molar-refractivity contribution in [1.29, 1.82) is 0 Å². The van der Waals surface area contributed by atoms with Crippen molar-refractivity contribution < 1.29 is 18.9 Å². The first-order valence-electron chi connectivity index (χ1n) is 1.46. The van der Waals surface area contributed by atoms with Crippen molar-refractivity contribution >= 4 is 16.5 Å². The first kappa shape index (κ1) is 7.03. The maximum absolute atomic E-state index is 5.15. The van der Waals surface area contributed by atoms with Crippen LogP contribution < -0.4 is 24.6 Å². The topological polar surface area (TPSA) is 38.9 Å². The minimum Gasteiger partial charge on any atom is -0.452 e. The molecule has 0 aliphatic rings. The van der Waals surface area contributed by atoms with Gasteiger partial charge in [-0.05, 0) is 0 Å². The third kappa shape index (κ3) is 1.98. The molecular formula is C3H3LiN2S. The molecule has 2 N–H and O–H groups in total. The van der Waals surface area contributed by atoms with Gasteiger partial charge in [-0.25, -0.2) is 11.3 Å². The van der Waals surface area contributed by atoms with E-state index in [1.165, 1.54) is 11.3 Å². The van der Waals surface area contributed by atoms with E-state index in [-0.39, 0.29) is 18.9 Å². The molecule has 0 bridgehead atoms. The molecular weight excluding hydrogens is 103 g/mol. The predicted molar refractivity (Wildman–Crippen MR) is 25.4 cm³/mol. The van der Waals surface area contributed by atoms with Crippen molar-refractivity contribution in [2.24, 2.45) is 0 Å². The molecule has 1 aromatic rings. The number of hydrogen-bond acceptors (Lipinski definition) is 3. The molecule has 2 nitrogen and oxygen atoms in total. The Labute approximate surface area is 57.9 Å². The van der Waals surface area contributed by atoms with Crippen molar-refractivity contribution in [2.45, 2.75) is 0 Å². The van der Waals surface area contributed by atoms with Crippen LogP contribution in [-0.4, -0.2) is 4.98 Å². The number of anilines is 1. The Hall–Kier alpha value is 0.0274. The van der Waals surface area contributed by atoms with Gasteiger partial charge in [0.15, 0.2) is 0 Å². The number of thiazole rings is 1. The second-order valence-corrected chi connectivity index (χ2v) is 1.70. The molecule has 1 heterocycles. The van der Waals surface area contributed by atoms with Crippen LogP contribution in [0.2, 0.25) is 0 Å². The number of nitrogen functional groups attached to an aromatic ring is 1. The SMILES string of the molecule is Nc1n[c-]cs1.[Li+]. The molecule has 0 aromatic carbocycles. The van der Waals surface area contributed by atoms with Crippen LogP contribution in [0.1, 0.15) is 0 Å². The van der Waals surface area contributed by atoms with Crippen LogP contribution in [0.25, 0.3) is 0 Å². The summed E-state index contributed by atoms with van der Waals surface area (Å²) in [6, 6.07) is 0. The van der Waals surface area contributed by atoms with E-state index >= 15 is 0 Å². The van der Waals surface area contributed by atoms with E-state index in [0.29, 0.717) is 5.13 Å². The van der Waals surface area contributed by atoms with Gasteiger partial charge >= 0.3 is 18.9 Å². The molecule has 0 radical (unpaired) electrons. The second-order valence-electron chi connectivity index (χ2n) is 0.815. The Kier molecular flexibility index (Phi) is 3.10. The fraction of sp³-hybridized carbons (Fsp3) is 0. The number of hydrogen-bond donors (Lipinski definition) is 1. The Balaban J connectivity index is 0.000000360. The summed E-state index contributed by atoms with van der Waals surface area (Å²) in [5.74, 6) is 0. The van der Waals surface area contributed by atoms with Gasteiger partial charge in [0.1, 0.15) is 0 Å². The Morgan fingerprint density at radius 1 is 1.86 bits per heavy atom. The summed E-state index contributed by atoms with van der Waals surface area (Å²) < 4.78 is 0. The Morgan fingerprint density at radius 2 is 2.57 bits per heavy atom. The van der Waals surface area contributed by atoms with E-state index in [0.717, 1.165) is 0 Å². The Morgan fingerprint density at radius 3 is 2.71 bits per heavy atom. The third-order valence-electron chi connectivity index (χ3n) is 0.407. The van der Waals surface area contributed by atoms with Gasteiger partial charge in [-0.3, -0.25) is 0 Å². The van der Waals surface area contributed by atoms with Crippen molar-refractivity contribution in [2.75, 3.05) is 5.73 Å². The molecule has 0 atom stereocenters. The van der Waals surface area contributed by atoms with Gasteiger partial charge in [0.25, 0.3) is 0 Å². The molecule has 0 amide bonds. The maximum atomic E-state index is 5.15. The van der Waals surface area contributed by atoms with E-state index < -0.39 is 0 Å². The van der Waals surface area contributed by atoms with Crippen LogP contribution in [0.4, 0.5) is 5.13 Å². The number of nitrogens with two attached hydrogens (primary N) is 1. The van der Waals surface area contributed by atoms with Gasteiger partial charge in [0.05, 0.1) is 0 Å². The summed E-state index contributed by atoms with van der Waals surface area (Å²) in [5.41, 5.74) is 5.15. The molecule has 0 saturated carbocycles. The van der Waals surface area contributed by atoms with Gasteiger partial charge in [-0.1, -0.05) is 5.38 Å². The molecule has 7 heavy (non-hydrogen) atoms. The predicted octanol–water partition coefficient (Wildman–Crippen LogP) is -2.47. The molecule has 4 heteroatoms. The van der Waals surface area contributed by atoms with Crippen LogP contribution >= 0.6 is 11.3 Å². The van der Waals surface area contributed by atoms with Crippen LogP contribution in [0.3, 0.4) is 0 Å².